The van der Waals surface area contributed by atoms with Gasteiger partial charge in [-0.2, -0.15) is 0 Å². The summed E-state index contributed by atoms with van der Waals surface area (Å²) in [6.07, 6.45) is 4.59. The SMILES string of the molecule is CCC(C(C)C)n1cncc1C(N)CO. The Balaban J connectivity index is 2.97. The number of aromatic nitrogens is 2. The molecule has 0 aliphatic rings. The van der Waals surface area contributed by atoms with Gasteiger partial charge >= 0.3 is 0 Å². The van der Waals surface area contributed by atoms with Gasteiger partial charge in [-0.3, -0.25) is 0 Å². The van der Waals surface area contributed by atoms with Crippen molar-refractivity contribution in [1.82, 2.24) is 9.55 Å². The van der Waals surface area contributed by atoms with Crippen LogP contribution in [0.3, 0.4) is 0 Å². The van der Waals surface area contributed by atoms with Crippen LogP contribution in [-0.2, 0) is 0 Å². The number of hydrogen-bond acceptors (Lipinski definition) is 3. The van der Waals surface area contributed by atoms with Crippen molar-refractivity contribution in [1.29, 1.82) is 0 Å². The molecule has 1 heterocycles. The lowest BCUT2D eigenvalue weighted by atomic mass is 10.0. The Labute approximate surface area is 91.1 Å². The molecule has 0 amide bonds. The Bertz CT molecular complexity index is 296. The number of nitrogens with zero attached hydrogens (tertiary/aromatic N) is 2. The van der Waals surface area contributed by atoms with Crippen LogP contribution in [0.4, 0.5) is 0 Å². The maximum atomic E-state index is 9.06. The van der Waals surface area contributed by atoms with E-state index < -0.39 is 0 Å². The van der Waals surface area contributed by atoms with Gasteiger partial charge in [-0.05, 0) is 12.3 Å². The maximum Gasteiger partial charge on any atom is 0.0951 e. The second-order valence-corrected chi connectivity index (χ2v) is 4.23. The van der Waals surface area contributed by atoms with Crippen LogP contribution >= 0.6 is 0 Å². The van der Waals surface area contributed by atoms with Crippen LogP contribution in [0.1, 0.15) is 45.0 Å². The summed E-state index contributed by atoms with van der Waals surface area (Å²) in [5, 5.41) is 9.06. The summed E-state index contributed by atoms with van der Waals surface area (Å²) >= 11 is 0. The van der Waals surface area contributed by atoms with Gasteiger partial charge < -0.3 is 15.4 Å². The van der Waals surface area contributed by atoms with Gasteiger partial charge in [-0.25, -0.2) is 4.98 Å². The summed E-state index contributed by atoms with van der Waals surface area (Å²) in [6.45, 7) is 6.48. The number of rotatable bonds is 5. The molecule has 4 nitrogen and oxygen atoms in total. The molecule has 3 N–H and O–H groups in total. The first-order valence-corrected chi connectivity index (χ1v) is 5.49. The number of nitrogens with two attached hydrogens (primary N) is 1. The van der Waals surface area contributed by atoms with Gasteiger partial charge in [0.05, 0.1) is 24.7 Å². The van der Waals surface area contributed by atoms with Crippen molar-refractivity contribution in [3.63, 3.8) is 0 Å². The zero-order valence-electron chi connectivity index (χ0n) is 9.72. The first-order valence-electron chi connectivity index (χ1n) is 5.49. The average Bonchev–Trinajstić information content (AvgIpc) is 2.66. The molecule has 0 aliphatic carbocycles. The van der Waals surface area contributed by atoms with Gasteiger partial charge in [-0.1, -0.05) is 20.8 Å². The van der Waals surface area contributed by atoms with Crippen molar-refractivity contribution >= 4 is 0 Å². The van der Waals surface area contributed by atoms with Gasteiger partial charge in [-0.15, -0.1) is 0 Å². The zero-order valence-corrected chi connectivity index (χ0v) is 9.72. The lowest BCUT2D eigenvalue weighted by molar-refractivity contribution is 0.256. The highest BCUT2D eigenvalue weighted by Crippen LogP contribution is 2.24. The van der Waals surface area contributed by atoms with Gasteiger partial charge in [0.1, 0.15) is 0 Å². The van der Waals surface area contributed by atoms with E-state index in [2.05, 4.69) is 30.3 Å². The van der Waals surface area contributed by atoms with Crippen LogP contribution in [0.2, 0.25) is 0 Å². The van der Waals surface area contributed by atoms with Crippen LogP contribution in [0, 0.1) is 5.92 Å². The first kappa shape index (κ1) is 12.2. The van der Waals surface area contributed by atoms with Gasteiger partial charge in [0, 0.05) is 12.2 Å². The minimum absolute atomic E-state index is 0.0414. The van der Waals surface area contributed by atoms with Crippen molar-refractivity contribution in [3.05, 3.63) is 18.2 Å². The third-order valence-corrected chi connectivity index (χ3v) is 2.82. The molecule has 4 heteroatoms. The smallest absolute Gasteiger partial charge is 0.0951 e. The normalized spacial score (nSPS) is 15.6. The van der Waals surface area contributed by atoms with Gasteiger partial charge in [0.2, 0.25) is 0 Å². The van der Waals surface area contributed by atoms with Crippen molar-refractivity contribution in [2.75, 3.05) is 6.61 Å². The third-order valence-electron chi connectivity index (χ3n) is 2.82. The van der Waals surface area contributed by atoms with Gasteiger partial charge in [0.25, 0.3) is 0 Å². The molecule has 86 valence electrons. The van der Waals surface area contributed by atoms with Crippen molar-refractivity contribution in [2.24, 2.45) is 11.7 Å². The quantitative estimate of drug-likeness (QED) is 0.775. The highest BCUT2D eigenvalue weighted by molar-refractivity contribution is 5.06. The molecule has 0 saturated carbocycles. The Kier molecular flexibility index (Phi) is 4.29. The van der Waals surface area contributed by atoms with Crippen LogP contribution in [0.5, 0.6) is 0 Å². The Morgan fingerprint density at radius 1 is 1.53 bits per heavy atom. The predicted molar refractivity (Wildman–Crippen MR) is 60.4 cm³/mol. The summed E-state index contributed by atoms with van der Waals surface area (Å²) in [6, 6.07) is 0.0698. The van der Waals surface area contributed by atoms with E-state index in [0.717, 1.165) is 12.1 Å². The fourth-order valence-corrected chi connectivity index (χ4v) is 1.96. The highest BCUT2D eigenvalue weighted by atomic mass is 16.3. The summed E-state index contributed by atoms with van der Waals surface area (Å²) < 4.78 is 2.09. The first-order chi connectivity index (χ1) is 7.11. The van der Waals surface area contributed by atoms with E-state index in [9.17, 15) is 0 Å². The number of aliphatic hydroxyl groups excluding tert-OH is 1. The topological polar surface area (TPSA) is 64.1 Å². The predicted octanol–water partition coefficient (Wildman–Crippen LogP) is 1.48. The Hall–Kier alpha value is -0.870. The number of hydrogen-bond donors (Lipinski definition) is 2. The molecule has 2 unspecified atom stereocenters. The summed E-state index contributed by atoms with van der Waals surface area (Å²) in [7, 11) is 0. The van der Waals surface area contributed by atoms with E-state index >= 15 is 0 Å². The molecule has 0 radical (unpaired) electrons. The van der Waals surface area contributed by atoms with Crippen molar-refractivity contribution < 1.29 is 5.11 Å². The van der Waals surface area contributed by atoms with Crippen LogP contribution in [-0.4, -0.2) is 21.3 Å². The fourth-order valence-electron chi connectivity index (χ4n) is 1.96. The Morgan fingerprint density at radius 3 is 2.67 bits per heavy atom. The highest BCUT2D eigenvalue weighted by Gasteiger charge is 2.18. The fraction of sp³-hybridized carbons (Fsp3) is 0.727. The Morgan fingerprint density at radius 2 is 2.20 bits per heavy atom. The molecule has 0 saturated heterocycles. The lowest BCUT2D eigenvalue weighted by Crippen LogP contribution is -2.23. The van der Waals surface area contributed by atoms with Crippen LogP contribution in [0.25, 0.3) is 0 Å². The molecule has 1 aromatic heterocycles. The molecule has 1 aromatic rings. The summed E-state index contributed by atoms with van der Waals surface area (Å²) in [5.41, 5.74) is 6.74. The monoisotopic (exact) mass is 211 g/mol. The average molecular weight is 211 g/mol. The molecule has 0 aliphatic heterocycles. The molecule has 15 heavy (non-hydrogen) atoms. The van der Waals surface area contributed by atoms with E-state index in [1.165, 1.54) is 0 Å². The van der Waals surface area contributed by atoms with E-state index in [0.29, 0.717) is 12.0 Å². The molecule has 2 atom stereocenters. The second-order valence-electron chi connectivity index (χ2n) is 4.23. The second kappa shape index (κ2) is 5.28. The van der Waals surface area contributed by atoms with Gasteiger partial charge in [0.15, 0.2) is 0 Å². The number of imidazole rings is 1. The molecule has 0 spiro atoms. The lowest BCUT2D eigenvalue weighted by Gasteiger charge is -2.24. The molecular formula is C11H21N3O. The van der Waals surface area contributed by atoms with E-state index in [1.807, 2.05) is 0 Å². The van der Waals surface area contributed by atoms with Crippen LogP contribution < -0.4 is 5.73 Å². The van der Waals surface area contributed by atoms with E-state index in [4.69, 9.17) is 10.8 Å². The van der Waals surface area contributed by atoms with E-state index in [1.54, 1.807) is 12.5 Å². The van der Waals surface area contributed by atoms with Crippen molar-refractivity contribution in [2.45, 2.75) is 39.3 Å². The minimum Gasteiger partial charge on any atom is -0.394 e. The zero-order chi connectivity index (χ0) is 11.4. The molecule has 0 fully saturated rings. The molecule has 0 bridgehead atoms. The number of aliphatic hydroxyl groups is 1. The molecule has 0 aromatic carbocycles. The van der Waals surface area contributed by atoms with Crippen LogP contribution in [0.15, 0.2) is 12.5 Å². The van der Waals surface area contributed by atoms with E-state index in [-0.39, 0.29) is 12.6 Å². The van der Waals surface area contributed by atoms with Crippen molar-refractivity contribution in [3.8, 4) is 0 Å². The third kappa shape index (κ3) is 2.58. The standard InChI is InChI=1S/C11H21N3O/c1-4-10(8(2)3)14-7-13-5-11(14)9(12)6-15/h5,7-10,15H,4,6,12H2,1-3H3. The largest absolute Gasteiger partial charge is 0.394 e. The molecule has 1 rings (SSSR count). The minimum atomic E-state index is -0.333. The summed E-state index contributed by atoms with van der Waals surface area (Å²) in [5.74, 6) is 0.536. The molecular weight excluding hydrogens is 190 g/mol. The summed E-state index contributed by atoms with van der Waals surface area (Å²) in [4.78, 5) is 4.11. The maximum absolute atomic E-state index is 9.06.